The molecule has 78 valence electrons. The first kappa shape index (κ1) is 10.9. The SMILES string of the molecule is CC.NCC1CC2CC(F)(F)CC12. The summed E-state index contributed by atoms with van der Waals surface area (Å²) in [6.45, 7) is 4.59. The van der Waals surface area contributed by atoms with Crippen LogP contribution >= 0.6 is 0 Å². The molecule has 2 aliphatic carbocycles. The lowest BCUT2D eigenvalue weighted by atomic mass is 9.67. The second kappa shape index (κ2) is 3.91. The molecule has 0 aliphatic heterocycles. The Morgan fingerprint density at radius 1 is 1.31 bits per heavy atom. The van der Waals surface area contributed by atoms with Crippen molar-refractivity contribution in [3.8, 4) is 0 Å². The summed E-state index contributed by atoms with van der Waals surface area (Å²) >= 11 is 0. The topological polar surface area (TPSA) is 26.0 Å². The van der Waals surface area contributed by atoms with Crippen LogP contribution in [0.5, 0.6) is 0 Å². The smallest absolute Gasteiger partial charge is 0.248 e. The highest BCUT2D eigenvalue weighted by Gasteiger charge is 2.54. The van der Waals surface area contributed by atoms with Gasteiger partial charge in [-0.2, -0.15) is 0 Å². The van der Waals surface area contributed by atoms with Gasteiger partial charge in [0.25, 0.3) is 0 Å². The van der Waals surface area contributed by atoms with Crippen LogP contribution < -0.4 is 5.73 Å². The van der Waals surface area contributed by atoms with Gasteiger partial charge in [-0.05, 0) is 30.7 Å². The average molecular weight is 191 g/mol. The first-order valence-corrected chi connectivity index (χ1v) is 5.20. The van der Waals surface area contributed by atoms with Crippen molar-refractivity contribution < 1.29 is 8.78 Å². The zero-order valence-corrected chi connectivity index (χ0v) is 8.39. The molecule has 2 saturated carbocycles. The van der Waals surface area contributed by atoms with Gasteiger partial charge in [-0.15, -0.1) is 0 Å². The van der Waals surface area contributed by atoms with Gasteiger partial charge in [0.05, 0.1) is 0 Å². The lowest BCUT2D eigenvalue weighted by Gasteiger charge is -2.39. The standard InChI is InChI=1S/C8H13F2N.C2H6/c9-8(10)2-5-1-6(4-11)7(5)3-8;1-2/h5-7H,1-4,11H2;1-2H3. The molecule has 0 heterocycles. The molecule has 0 radical (unpaired) electrons. The molecule has 0 amide bonds. The van der Waals surface area contributed by atoms with E-state index in [1.54, 1.807) is 0 Å². The van der Waals surface area contributed by atoms with Crippen molar-refractivity contribution in [2.24, 2.45) is 23.5 Å². The molecule has 13 heavy (non-hydrogen) atoms. The van der Waals surface area contributed by atoms with Crippen LogP contribution in [-0.2, 0) is 0 Å². The van der Waals surface area contributed by atoms with Crippen LogP contribution in [0.3, 0.4) is 0 Å². The Bertz CT molecular complexity index is 170. The Labute approximate surface area is 78.7 Å². The van der Waals surface area contributed by atoms with Gasteiger partial charge in [-0.3, -0.25) is 0 Å². The van der Waals surface area contributed by atoms with E-state index in [1.807, 2.05) is 13.8 Å². The summed E-state index contributed by atoms with van der Waals surface area (Å²) in [7, 11) is 0. The molecule has 3 unspecified atom stereocenters. The van der Waals surface area contributed by atoms with Gasteiger partial charge < -0.3 is 5.73 Å². The fourth-order valence-electron chi connectivity index (χ4n) is 2.58. The average Bonchev–Trinajstić information content (AvgIpc) is 2.32. The molecule has 3 atom stereocenters. The van der Waals surface area contributed by atoms with Gasteiger partial charge in [0, 0.05) is 12.8 Å². The van der Waals surface area contributed by atoms with Gasteiger partial charge in [0.15, 0.2) is 0 Å². The van der Waals surface area contributed by atoms with Crippen molar-refractivity contribution in [1.29, 1.82) is 0 Å². The van der Waals surface area contributed by atoms with E-state index in [2.05, 4.69) is 0 Å². The zero-order chi connectivity index (χ0) is 10.1. The number of rotatable bonds is 1. The highest BCUT2D eigenvalue weighted by molar-refractivity contribution is 4.99. The monoisotopic (exact) mass is 191 g/mol. The number of nitrogens with two attached hydrogens (primary N) is 1. The Balaban J connectivity index is 0.000000396. The molecular weight excluding hydrogens is 172 g/mol. The third-order valence-electron chi connectivity index (χ3n) is 3.21. The minimum absolute atomic E-state index is 0.0968. The molecule has 2 rings (SSSR count). The predicted octanol–water partition coefficient (Wildman–Crippen LogP) is 2.65. The van der Waals surface area contributed by atoms with Crippen molar-refractivity contribution in [3.63, 3.8) is 0 Å². The third kappa shape index (κ3) is 2.01. The predicted molar refractivity (Wildman–Crippen MR) is 49.7 cm³/mol. The molecule has 0 spiro atoms. The Morgan fingerprint density at radius 2 is 1.92 bits per heavy atom. The highest BCUT2D eigenvalue weighted by atomic mass is 19.3. The number of fused-ring (bicyclic) bond motifs is 1. The summed E-state index contributed by atoms with van der Waals surface area (Å²) < 4.78 is 25.5. The number of halogens is 2. The second-order valence-electron chi connectivity index (χ2n) is 3.92. The van der Waals surface area contributed by atoms with E-state index in [1.165, 1.54) is 0 Å². The minimum atomic E-state index is -2.38. The van der Waals surface area contributed by atoms with E-state index in [0.717, 1.165) is 6.42 Å². The maximum Gasteiger partial charge on any atom is 0.248 e. The van der Waals surface area contributed by atoms with Crippen LogP contribution in [0.4, 0.5) is 8.78 Å². The molecule has 0 aromatic carbocycles. The molecule has 2 fully saturated rings. The Morgan fingerprint density at radius 3 is 2.38 bits per heavy atom. The van der Waals surface area contributed by atoms with Crippen molar-refractivity contribution >= 4 is 0 Å². The van der Waals surface area contributed by atoms with E-state index < -0.39 is 5.92 Å². The summed E-state index contributed by atoms with van der Waals surface area (Å²) in [6.07, 6.45) is 1.16. The summed E-state index contributed by atoms with van der Waals surface area (Å²) in [6, 6.07) is 0. The Kier molecular flexibility index (Phi) is 3.28. The van der Waals surface area contributed by atoms with Gasteiger partial charge in [-0.25, -0.2) is 8.78 Å². The highest BCUT2D eigenvalue weighted by Crippen LogP contribution is 2.56. The maximum absolute atomic E-state index is 12.8. The fourth-order valence-corrected chi connectivity index (χ4v) is 2.58. The largest absolute Gasteiger partial charge is 0.330 e. The van der Waals surface area contributed by atoms with Crippen molar-refractivity contribution in [2.75, 3.05) is 6.54 Å². The van der Waals surface area contributed by atoms with Crippen molar-refractivity contribution in [3.05, 3.63) is 0 Å². The van der Waals surface area contributed by atoms with Crippen molar-refractivity contribution in [2.45, 2.75) is 39.0 Å². The van der Waals surface area contributed by atoms with E-state index in [-0.39, 0.29) is 18.8 Å². The second-order valence-corrected chi connectivity index (χ2v) is 3.92. The summed E-state index contributed by atoms with van der Waals surface area (Å²) in [5.41, 5.74) is 5.43. The van der Waals surface area contributed by atoms with E-state index in [4.69, 9.17) is 5.73 Å². The number of alkyl halides is 2. The molecule has 3 heteroatoms. The Hall–Kier alpha value is -0.180. The van der Waals surface area contributed by atoms with E-state index in [9.17, 15) is 8.78 Å². The van der Waals surface area contributed by atoms with Crippen molar-refractivity contribution in [1.82, 2.24) is 0 Å². The maximum atomic E-state index is 12.8. The molecule has 0 aromatic rings. The zero-order valence-electron chi connectivity index (χ0n) is 8.39. The van der Waals surface area contributed by atoms with Crippen LogP contribution in [0.25, 0.3) is 0 Å². The number of hydrogen-bond donors (Lipinski definition) is 1. The van der Waals surface area contributed by atoms with E-state index in [0.29, 0.717) is 18.4 Å². The van der Waals surface area contributed by atoms with Crippen LogP contribution in [-0.4, -0.2) is 12.5 Å². The van der Waals surface area contributed by atoms with Crippen LogP contribution in [0.2, 0.25) is 0 Å². The lowest BCUT2D eigenvalue weighted by molar-refractivity contribution is 0.00440. The number of hydrogen-bond acceptors (Lipinski definition) is 1. The fraction of sp³-hybridized carbons (Fsp3) is 1.00. The molecular formula is C10H19F2N. The van der Waals surface area contributed by atoms with Gasteiger partial charge >= 0.3 is 0 Å². The molecule has 0 bridgehead atoms. The van der Waals surface area contributed by atoms with Gasteiger partial charge in [0.1, 0.15) is 0 Å². The normalized spacial score (nSPS) is 39.9. The van der Waals surface area contributed by atoms with E-state index >= 15 is 0 Å². The molecule has 0 aromatic heterocycles. The lowest BCUT2D eigenvalue weighted by Crippen LogP contribution is -2.37. The summed E-state index contributed by atoms with van der Waals surface area (Å²) in [5.74, 6) is -1.44. The first-order chi connectivity index (χ1) is 6.12. The minimum Gasteiger partial charge on any atom is -0.330 e. The molecule has 1 nitrogen and oxygen atoms in total. The third-order valence-corrected chi connectivity index (χ3v) is 3.21. The summed E-state index contributed by atoms with van der Waals surface area (Å²) in [5, 5.41) is 0. The quantitative estimate of drug-likeness (QED) is 0.677. The first-order valence-electron chi connectivity index (χ1n) is 5.20. The van der Waals surface area contributed by atoms with Gasteiger partial charge in [-0.1, -0.05) is 13.8 Å². The summed E-state index contributed by atoms with van der Waals surface area (Å²) in [4.78, 5) is 0. The van der Waals surface area contributed by atoms with Crippen LogP contribution in [0.15, 0.2) is 0 Å². The van der Waals surface area contributed by atoms with Crippen LogP contribution in [0.1, 0.15) is 33.1 Å². The van der Waals surface area contributed by atoms with Crippen LogP contribution in [0, 0.1) is 17.8 Å². The molecule has 2 aliphatic rings. The molecule has 0 saturated heterocycles. The molecule has 2 N–H and O–H groups in total. The van der Waals surface area contributed by atoms with Gasteiger partial charge in [0.2, 0.25) is 5.92 Å².